The van der Waals surface area contributed by atoms with Crippen LogP contribution in [0.2, 0.25) is 0 Å². The average molecular weight is 208 g/mol. The van der Waals surface area contributed by atoms with Crippen LogP contribution in [0.3, 0.4) is 0 Å². The number of nitrogens with zero attached hydrogens (tertiary/aromatic N) is 2. The van der Waals surface area contributed by atoms with E-state index >= 15 is 0 Å². The lowest BCUT2D eigenvalue weighted by Gasteiger charge is -2.24. The highest BCUT2D eigenvalue weighted by Crippen LogP contribution is 2.30. The summed E-state index contributed by atoms with van der Waals surface area (Å²) in [7, 11) is 0. The molecule has 1 N–H and O–H groups in total. The van der Waals surface area contributed by atoms with Gasteiger partial charge >= 0.3 is 0 Å². The summed E-state index contributed by atoms with van der Waals surface area (Å²) in [5.74, 6) is -2.82. The molecule has 3 nitrogen and oxygen atoms in total. The van der Waals surface area contributed by atoms with Crippen LogP contribution < -0.4 is 5.32 Å². The van der Waals surface area contributed by atoms with E-state index in [0.29, 0.717) is 12.2 Å². The van der Waals surface area contributed by atoms with Gasteiger partial charge in [0, 0.05) is 12.7 Å². The molecular formula is C7H8ClF2N3. The Labute approximate surface area is 80.0 Å². The molecule has 13 heavy (non-hydrogen) atoms. The zero-order valence-electron chi connectivity index (χ0n) is 6.63. The third-order valence-corrected chi connectivity index (χ3v) is 1.83. The molecule has 72 valence electrons. The van der Waals surface area contributed by atoms with Gasteiger partial charge in [-0.2, -0.15) is 8.78 Å². The largest absolute Gasteiger partial charge is 0.305 e. The van der Waals surface area contributed by atoms with Crippen LogP contribution in [0.4, 0.5) is 8.78 Å². The second-order valence-electron chi connectivity index (χ2n) is 2.69. The lowest BCUT2D eigenvalue weighted by atomic mass is 10.1. The van der Waals surface area contributed by atoms with Gasteiger partial charge in [-0.25, -0.2) is 9.97 Å². The molecule has 0 spiro atoms. The van der Waals surface area contributed by atoms with E-state index in [2.05, 4.69) is 15.3 Å². The van der Waals surface area contributed by atoms with Crippen molar-refractivity contribution in [2.45, 2.75) is 12.5 Å². The van der Waals surface area contributed by atoms with Gasteiger partial charge in [-0.15, -0.1) is 12.4 Å². The zero-order chi connectivity index (χ0) is 8.60. The summed E-state index contributed by atoms with van der Waals surface area (Å²) >= 11 is 0. The summed E-state index contributed by atoms with van der Waals surface area (Å²) in [4.78, 5) is 7.34. The van der Waals surface area contributed by atoms with Gasteiger partial charge in [-0.05, 0) is 0 Å². The molecule has 0 fully saturated rings. The first kappa shape index (κ1) is 10.3. The molecule has 0 aliphatic carbocycles. The first-order valence-corrected chi connectivity index (χ1v) is 3.58. The van der Waals surface area contributed by atoms with Gasteiger partial charge in [0.25, 0.3) is 5.92 Å². The van der Waals surface area contributed by atoms with Crippen LogP contribution in [0.1, 0.15) is 11.3 Å². The number of hydrogen-bond acceptors (Lipinski definition) is 3. The summed E-state index contributed by atoms with van der Waals surface area (Å²) in [6.07, 6.45) is 2.46. The van der Waals surface area contributed by atoms with Crippen molar-refractivity contribution in [1.82, 2.24) is 15.3 Å². The number of fused-ring (bicyclic) bond motifs is 1. The lowest BCUT2D eigenvalue weighted by Crippen LogP contribution is -2.37. The summed E-state index contributed by atoms with van der Waals surface area (Å²) in [5, 5.41) is 2.59. The van der Waals surface area contributed by atoms with E-state index in [9.17, 15) is 8.78 Å². The summed E-state index contributed by atoms with van der Waals surface area (Å²) in [5.41, 5.74) is 0.338. The van der Waals surface area contributed by atoms with E-state index in [-0.39, 0.29) is 24.5 Å². The van der Waals surface area contributed by atoms with Gasteiger partial charge in [0.05, 0.1) is 17.8 Å². The van der Waals surface area contributed by atoms with Gasteiger partial charge in [0.15, 0.2) is 0 Å². The summed E-state index contributed by atoms with van der Waals surface area (Å²) < 4.78 is 26.1. The molecule has 1 aliphatic heterocycles. The fourth-order valence-corrected chi connectivity index (χ4v) is 1.23. The van der Waals surface area contributed by atoms with E-state index < -0.39 is 5.92 Å². The van der Waals surface area contributed by atoms with Crippen molar-refractivity contribution in [2.24, 2.45) is 0 Å². The topological polar surface area (TPSA) is 37.8 Å². The summed E-state index contributed by atoms with van der Waals surface area (Å²) in [6.45, 7) is 0.0703. The number of hydrogen-bond donors (Lipinski definition) is 1. The lowest BCUT2D eigenvalue weighted by molar-refractivity contribution is -0.0120. The maximum absolute atomic E-state index is 13.1. The Hall–Kier alpha value is -0.810. The predicted octanol–water partition coefficient (Wildman–Crippen LogP) is 1.09. The molecule has 6 heteroatoms. The van der Waals surface area contributed by atoms with Crippen LogP contribution in [0.15, 0.2) is 12.5 Å². The second-order valence-corrected chi connectivity index (χ2v) is 2.69. The van der Waals surface area contributed by atoms with Crippen LogP contribution in [-0.2, 0) is 12.5 Å². The van der Waals surface area contributed by atoms with Gasteiger partial charge in [0.2, 0.25) is 0 Å². The van der Waals surface area contributed by atoms with Crippen LogP contribution in [0.25, 0.3) is 0 Å². The van der Waals surface area contributed by atoms with Crippen molar-refractivity contribution in [3.8, 4) is 0 Å². The Balaban J connectivity index is 0.000000845. The summed E-state index contributed by atoms with van der Waals surface area (Å²) in [6, 6.07) is 0. The monoisotopic (exact) mass is 207 g/mol. The molecule has 1 aromatic rings. The SMILES string of the molecule is Cl.FC1(F)CNCc2ncncc21. The highest BCUT2D eigenvalue weighted by Gasteiger charge is 2.37. The molecule has 0 saturated carbocycles. The maximum atomic E-state index is 13.1. The van der Waals surface area contributed by atoms with Gasteiger partial charge in [0.1, 0.15) is 6.33 Å². The molecular weight excluding hydrogens is 200 g/mol. The van der Waals surface area contributed by atoms with Crippen molar-refractivity contribution in [3.05, 3.63) is 23.8 Å². The van der Waals surface area contributed by atoms with E-state index in [0.717, 1.165) is 0 Å². The number of alkyl halides is 2. The maximum Gasteiger partial charge on any atom is 0.288 e. The minimum Gasteiger partial charge on any atom is -0.305 e. The smallest absolute Gasteiger partial charge is 0.288 e. The standard InChI is InChI=1S/C7H7F2N3.ClH/c8-7(9)3-10-2-6-5(7)1-11-4-12-6;/h1,4,10H,2-3H2;1H. The average Bonchev–Trinajstić information content (AvgIpc) is 2.04. The van der Waals surface area contributed by atoms with Crippen molar-refractivity contribution >= 4 is 12.4 Å². The normalized spacial score (nSPS) is 18.6. The third-order valence-electron chi connectivity index (χ3n) is 1.83. The Bertz CT molecular complexity index is 306. The number of halogens is 3. The molecule has 0 bridgehead atoms. The Morgan fingerprint density at radius 2 is 2.23 bits per heavy atom. The highest BCUT2D eigenvalue weighted by atomic mass is 35.5. The van der Waals surface area contributed by atoms with Gasteiger partial charge in [-0.1, -0.05) is 0 Å². The molecule has 1 aromatic heterocycles. The molecule has 0 amide bonds. The van der Waals surface area contributed by atoms with Crippen LogP contribution in [-0.4, -0.2) is 16.5 Å². The fraction of sp³-hybridized carbons (Fsp3) is 0.429. The molecule has 0 saturated heterocycles. The minimum absolute atomic E-state index is 0. The van der Waals surface area contributed by atoms with E-state index in [1.165, 1.54) is 12.5 Å². The Morgan fingerprint density at radius 1 is 1.46 bits per heavy atom. The number of rotatable bonds is 0. The van der Waals surface area contributed by atoms with E-state index in [1.54, 1.807) is 0 Å². The van der Waals surface area contributed by atoms with Gasteiger partial charge < -0.3 is 5.32 Å². The fourth-order valence-electron chi connectivity index (χ4n) is 1.23. The molecule has 1 aliphatic rings. The first-order chi connectivity index (χ1) is 5.70. The number of nitrogens with one attached hydrogen (secondary N) is 1. The Kier molecular flexibility index (Phi) is 2.77. The minimum atomic E-state index is -2.82. The van der Waals surface area contributed by atoms with Crippen molar-refractivity contribution in [2.75, 3.05) is 6.54 Å². The van der Waals surface area contributed by atoms with Crippen molar-refractivity contribution < 1.29 is 8.78 Å². The van der Waals surface area contributed by atoms with Crippen LogP contribution in [0.5, 0.6) is 0 Å². The molecule has 2 heterocycles. The predicted molar refractivity (Wildman–Crippen MR) is 44.9 cm³/mol. The van der Waals surface area contributed by atoms with Crippen molar-refractivity contribution in [3.63, 3.8) is 0 Å². The second kappa shape index (κ2) is 3.51. The molecule has 0 radical (unpaired) electrons. The number of aromatic nitrogens is 2. The molecule has 0 aromatic carbocycles. The van der Waals surface area contributed by atoms with Crippen LogP contribution >= 0.6 is 12.4 Å². The first-order valence-electron chi connectivity index (χ1n) is 3.58. The zero-order valence-corrected chi connectivity index (χ0v) is 7.44. The van der Waals surface area contributed by atoms with E-state index in [4.69, 9.17) is 0 Å². The quantitative estimate of drug-likeness (QED) is 0.692. The Morgan fingerprint density at radius 3 is 2.92 bits per heavy atom. The van der Waals surface area contributed by atoms with E-state index in [1.807, 2.05) is 0 Å². The van der Waals surface area contributed by atoms with Crippen LogP contribution in [0, 0.1) is 0 Å². The molecule has 0 unspecified atom stereocenters. The third kappa shape index (κ3) is 1.76. The molecule has 0 atom stereocenters. The van der Waals surface area contributed by atoms with Crippen molar-refractivity contribution in [1.29, 1.82) is 0 Å². The van der Waals surface area contributed by atoms with Gasteiger partial charge in [-0.3, -0.25) is 0 Å². The molecule has 2 rings (SSSR count). The highest BCUT2D eigenvalue weighted by molar-refractivity contribution is 5.85.